The molecule has 1 N–H and O–H groups in total. The Labute approximate surface area is 130 Å². The monoisotopic (exact) mass is 301 g/mol. The van der Waals surface area contributed by atoms with E-state index in [2.05, 4.69) is 24.0 Å². The molecule has 1 aliphatic rings. The van der Waals surface area contributed by atoms with Gasteiger partial charge in [0.15, 0.2) is 0 Å². The summed E-state index contributed by atoms with van der Waals surface area (Å²) in [6.07, 6.45) is 2.98. The maximum atomic E-state index is 11.8. The molecule has 0 spiro atoms. The highest BCUT2D eigenvalue weighted by Crippen LogP contribution is 2.23. The van der Waals surface area contributed by atoms with Crippen LogP contribution in [0.1, 0.15) is 30.9 Å². The van der Waals surface area contributed by atoms with E-state index in [1.54, 1.807) is 6.07 Å². The fourth-order valence-electron chi connectivity index (χ4n) is 3.19. The first-order chi connectivity index (χ1) is 10.7. The summed E-state index contributed by atoms with van der Waals surface area (Å²) < 4.78 is 5.36. The van der Waals surface area contributed by atoms with Gasteiger partial charge in [0.1, 0.15) is 5.58 Å². The van der Waals surface area contributed by atoms with Crippen LogP contribution in [0.5, 0.6) is 0 Å². The highest BCUT2D eigenvalue weighted by atomic mass is 16.4. The Bertz CT molecular complexity index is 699. The molecule has 0 saturated carbocycles. The Morgan fingerprint density at radius 3 is 2.73 bits per heavy atom. The first-order valence-corrected chi connectivity index (χ1v) is 8.08. The van der Waals surface area contributed by atoms with Gasteiger partial charge in [0.25, 0.3) is 0 Å². The molecular weight excluding hydrogens is 278 g/mol. The van der Waals surface area contributed by atoms with Crippen LogP contribution in [0.3, 0.4) is 0 Å². The summed E-state index contributed by atoms with van der Waals surface area (Å²) in [6, 6.07) is 7.75. The molecule has 2 aromatic rings. The second kappa shape index (κ2) is 6.63. The summed E-state index contributed by atoms with van der Waals surface area (Å²) in [5.74, 6) is 0.431. The minimum absolute atomic E-state index is 0.277. The molecule has 3 rings (SSSR count). The maximum Gasteiger partial charge on any atom is 0.336 e. The highest BCUT2D eigenvalue weighted by Gasteiger charge is 2.19. The first kappa shape index (κ1) is 15.3. The molecule has 1 aromatic carbocycles. The molecule has 1 fully saturated rings. The van der Waals surface area contributed by atoms with Crippen molar-refractivity contribution in [3.05, 3.63) is 45.8 Å². The van der Waals surface area contributed by atoms with Crippen LogP contribution < -0.4 is 5.63 Å². The quantitative estimate of drug-likeness (QED) is 0.882. The second-order valence-corrected chi connectivity index (χ2v) is 6.18. The lowest BCUT2D eigenvalue weighted by Crippen LogP contribution is -2.34. The van der Waals surface area contributed by atoms with Gasteiger partial charge in [-0.05, 0) is 55.5 Å². The van der Waals surface area contributed by atoms with Crippen molar-refractivity contribution >= 4 is 11.0 Å². The van der Waals surface area contributed by atoms with E-state index in [0.717, 1.165) is 49.8 Å². The largest absolute Gasteiger partial charge is 0.423 e. The van der Waals surface area contributed by atoms with E-state index in [0.29, 0.717) is 11.5 Å². The lowest BCUT2D eigenvalue weighted by molar-refractivity contribution is 0.127. The molecule has 0 radical (unpaired) electrons. The minimum Gasteiger partial charge on any atom is -0.423 e. The lowest BCUT2D eigenvalue weighted by atomic mass is 9.97. The van der Waals surface area contributed by atoms with E-state index in [1.807, 2.05) is 6.07 Å². The van der Waals surface area contributed by atoms with Crippen LogP contribution in [-0.2, 0) is 13.0 Å². The van der Waals surface area contributed by atoms with Gasteiger partial charge in [-0.25, -0.2) is 4.79 Å². The summed E-state index contributed by atoms with van der Waals surface area (Å²) in [6.45, 7) is 5.09. The Balaban J connectivity index is 1.86. The summed E-state index contributed by atoms with van der Waals surface area (Å²) in [4.78, 5) is 14.2. The molecule has 4 nitrogen and oxygen atoms in total. The smallest absolute Gasteiger partial charge is 0.336 e. The molecule has 0 atom stereocenters. The number of aliphatic hydroxyl groups is 1. The Hall–Kier alpha value is -1.65. The molecule has 1 aliphatic heterocycles. The second-order valence-electron chi connectivity index (χ2n) is 6.18. The number of hydrogen-bond donors (Lipinski definition) is 1. The molecule has 0 aliphatic carbocycles. The summed E-state index contributed by atoms with van der Waals surface area (Å²) in [5.41, 5.74) is 2.63. The predicted octanol–water partition coefficient (Wildman–Crippen LogP) is 2.56. The van der Waals surface area contributed by atoms with Crippen molar-refractivity contribution in [3.63, 3.8) is 0 Å². The molecule has 4 heteroatoms. The topological polar surface area (TPSA) is 53.7 Å². The number of likely N-dealkylation sites (tertiary alicyclic amines) is 1. The SMILES string of the molecule is CCc1ccc2c(CN3CCC(CO)CC3)cc(=O)oc2c1. The van der Waals surface area contributed by atoms with E-state index in [4.69, 9.17) is 4.42 Å². The molecule has 0 bridgehead atoms. The van der Waals surface area contributed by atoms with Gasteiger partial charge < -0.3 is 9.52 Å². The Morgan fingerprint density at radius 2 is 2.05 bits per heavy atom. The van der Waals surface area contributed by atoms with Crippen LogP contribution in [0.4, 0.5) is 0 Å². The summed E-state index contributed by atoms with van der Waals surface area (Å²) in [7, 11) is 0. The van der Waals surface area contributed by atoms with Crippen molar-refractivity contribution in [2.75, 3.05) is 19.7 Å². The molecule has 118 valence electrons. The van der Waals surface area contributed by atoms with E-state index in [1.165, 1.54) is 5.56 Å². The van der Waals surface area contributed by atoms with Gasteiger partial charge in [0, 0.05) is 24.6 Å². The molecule has 1 saturated heterocycles. The van der Waals surface area contributed by atoms with Crippen molar-refractivity contribution in [2.24, 2.45) is 5.92 Å². The van der Waals surface area contributed by atoms with Gasteiger partial charge in [0.05, 0.1) is 0 Å². The number of piperidine rings is 1. The number of benzene rings is 1. The third-order valence-corrected chi connectivity index (χ3v) is 4.66. The first-order valence-electron chi connectivity index (χ1n) is 8.08. The minimum atomic E-state index is -0.277. The van der Waals surface area contributed by atoms with E-state index < -0.39 is 0 Å². The number of nitrogens with zero attached hydrogens (tertiary/aromatic N) is 1. The van der Waals surface area contributed by atoms with Crippen molar-refractivity contribution in [3.8, 4) is 0 Å². The van der Waals surface area contributed by atoms with Crippen LogP contribution in [0.25, 0.3) is 11.0 Å². The number of rotatable bonds is 4. The number of fused-ring (bicyclic) bond motifs is 1. The molecule has 0 unspecified atom stereocenters. The molecule has 2 heterocycles. The van der Waals surface area contributed by atoms with E-state index in [-0.39, 0.29) is 12.2 Å². The van der Waals surface area contributed by atoms with Gasteiger partial charge in [-0.1, -0.05) is 19.1 Å². The van der Waals surface area contributed by atoms with Crippen LogP contribution in [0, 0.1) is 5.92 Å². The van der Waals surface area contributed by atoms with Crippen LogP contribution >= 0.6 is 0 Å². The maximum absolute atomic E-state index is 11.8. The van der Waals surface area contributed by atoms with Crippen LogP contribution in [0.15, 0.2) is 33.5 Å². The van der Waals surface area contributed by atoms with Crippen molar-refractivity contribution in [1.82, 2.24) is 4.90 Å². The standard InChI is InChI=1S/C18H23NO3/c1-2-13-3-4-16-15(10-18(21)22-17(16)9-13)11-19-7-5-14(12-20)6-8-19/h3-4,9-10,14,20H,2,5-8,11-12H2,1H3. The van der Waals surface area contributed by atoms with E-state index in [9.17, 15) is 9.90 Å². The van der Waals surface area contributed by atoms with Crippen molar-refractivity contribution in [2.45, 2.75) is 32.7 Å². The van der Waals surface area contributed by atoms with Gasteiger partial charge >= 0.3 is 5.63 Å². The normalized spacial score (nSPS) is 17.2. The fraction of sp³-hybridized carbons (Fsp3) is 0.500. The zero-order chi connectivity index (χ0) is 15.5. The zero-order valence-electron chi connectivity index (χ0n) is 13.0. The number of aryl methyl sites for hydroxylation is 1. The number of hydrogen-bond acceptors (Lipinski definition) is 4. The summed E-state index contributed by atoms with van der Waals surface area (Å²) in [5, 5.41) is 10.3. The molecule has 0 amide bonds. The van der Waals surface area contributed by atoms with E-state index >= 15 is 0 Å². The van der Waals surface area contributed by atoms with Crippen molar-refractivity contribution in [1.29, 1.82) is 0 Å². The Kier molecular flexibility index (Phi) is 4.60. The van der Waals surface area contributed by atoms with Crippen LogP contribution in [0.2, 0.25) is 0 Å². The molecule has 1 aromatic heterocycles. The van der Waals surface area contributed by atoms with Gasteiger partial charge in [-0.3, -0.25) is 4.90 Å². The third kappa shape index (κ3) is 3.23. The Morgan fingerprint density at radius 1 is 1.27 bits per heavy atom. The molecule has 22 heavy (non-hydrogen) atoms. The fourth-order valence-corrected chi connectivity index (χ4v) is 3.19. The lowest BCUT2D eigenvalue weighted by Gasteiger charge is -2.31. The van der Waals surface area contributed by atoms with Gasteiger partial charge in [-0.2, -0.15) is 0 Å². The highest BCUT2D eigenvalue weighted by molar-refractivity contribution is 5.80. The van der Waals surface area contributed by atoms with Crippen LogP contribution in [-0.4, -0.2) is 29.7 Å². The third-order valence-electron chi connectivity index (χ3n) is 4.66. The van der Waals surface area contributed by atoms with Crippen molar-refractivity contribution < 1.29 is 9.52 Å². The predicted molar refractivity (Wildman–Crippen MR) is 86.9 cm³/mol. The zero-order valence-corrected chi connectivity index (χ0v) is 13.0. The average molecular weight is 301 g/mol. The summed E-state index contributed by atoms with van der Waals surface area (Å²) >= 11 is 0. The van der Waals surface area contributed by atoms with Gasteiger partial charge in [-0.15, -0.1) is 0 Å². The average Bonchev–Trinajstić information content (AvgIpc) is 2.54. The van der Waals surface area contributed by atoms with Gasteiger partial charge in [0.2, 0.25) is 0 Å². The molecular formula is C18H23NO3. The number of aliphatic hydroxyl groups excluding tert-OH is 1.